The second-order valence-corrected chi connectivity index (χ2v) is 5.46. The molecule has 24 heavy (non-hydrogen) atoms. The van der Waals surface area contributed by atoms with Crippen LogP contribution in [0.1, 0.15) is 5.69 Å². The molecule has 0 aliphatic heterocycles. The van der Waals surface area contributed by atoms with Crippen LogP contribution in [0.15, 0.2) is 67.0 Å². The van der Waals surface area contributed by atoms with Gasteiger partial charge in [0.15, 0.2) is 0 Å². The predicted octanol–water partition coefficient (Wildman–Crippen LogP) is 4.12. The second kappa shape index (κ2) is 7.57. The van der Waals surface area contributed by atoms with Gasteiger partial charge in [0.05, 0.1) is 28.6 Å². The van der Waals surface area contributed by atoms with E-state index in [1.165, 1.54) is 6.33 Å². The van der Waals surface area contributed by atoms with E-state index in [2.05, 4.69) is 20.6 Å². The summed E-state index contributed by atoms with van der Waals surface area (Å²) in [5, 5.41) is 5.94. The highest BCUT2D eigenvalue weighted by Crippen LogP contribution is 2.20. The third kappa shape index (κ3) is 4.08. The maximum absolute atomic E-state index is 12.0. The Morgan fingerprint density at radius 1 is 1.00 bits per heavy atom. The Morgan fingerprint density at radius 2 is 1.75 bits per heavy atom. The molecule has 2 aromatic carbocycles. The molecule has 0 saturated heterocycles. The van der Waals surface area contributed by atoms with Gasteiger partial charge in [-0.3, -0.25) is 0 Å². The molecule has 2 N–H and O–H groups in total. The molecule has 2 amide bonds. The highest BCUT2D eigenvalue weighted by atomic mass is 35.5. The molecule has 0 aliphatic carbocycles. The van der Waals surface area contributed by atoms with Crippen LogP contribution in [0.5, 0.6) is 0 Å². The fraction of sp³-hybridized carbons (Fsp3) is 0.0556. The van der Waals surface area contributed by atoms with Crippen molar-refractivity contribution < 1.29 is 4.79 Å². The zero-order valence-electron chi connectivity index (χ0n) is 12.7. The molecule has 5 nitrogen and oxygen atoms in total. The Morgan fingerprint density at radius 3 is 2.54 bits per heavy atom. The van der Waals surface area contributed by atoms with Gasteiger partial charge in [-0.05, 0) is 18.2 Å². The van der Waals surface area contributed by atoms with Crippen molar-refractivity contribution in [2.75, 3.05) is 5.32 Å². The smallest absolute Gasteiger partial charge is 0.319 e. The molecule has 1 heterocycles. The standard InChI is InChI=1S/C18H15ClN4O/c19-15-8-4-5-9-16(15)23-18(24)20-11-14-10-17(22-12-21-14)13-6-2-1-3-7-13/h1-10,12H,11H2,(H2,20,23,24). The number of carbonyl (C=O) groups excluding carboxylic acids is 1. The van der Waals surface area contributed by atoms with E-state index in [1.807, 2.05) is 36.4 Å². The number of hydrogen-bond acceptors (Lipinski definition) is 3. The van der Waals surface area contributed by atoms with Crippen LogP contribution in [0.4, 0.5) is 10.5 Å². The van der Waals surface area contributed by atoms with Crippen molar-refractivity contribution >= 4 is 23.3 Å². The number of anilines is 1. The van der Waals surface area contributed by atoms with Crippen LogP contribution in [-0.4, -0.2) is 16.0 Å². The molecule has 1 aromatic heterocycles. The second-order valence-electron chi connectivity index (χ2n) is 5.05. The average molecular weight is 339 g/mol. The van der Waals surface area contributed by atoms with Gasteiger partial charge in [-0.25, -0.2) is 14.8 Å². The number of aromatic nitrogens is 2. The van der Waals surface area contributed by atoms with Crippen LogP contribution in [0.25, 0.3) is 11.3 Å². The van der Waals surface area contributed by atoms with Gasteiger partial charge in [0, 0.05) is 5.56 Å². The normalized spacial score (nSPS) is 10.2. The maximum atomic E-state index is 12.0. The Balaban J connectivity index is 1.63. The lowest BCUT2D eigenvalue weighted by molar-refractivity contribution is 0.251. The van der Waals surface area contributed by atoms with E-state index >= 15 is 0 Å². The first-order valence-corrected chi connectivity index (χ1v) is 7.76. The molecule has 0 atom stereocenters. The lowest BCUT2D eigenvalue weighted by Gasteiger charge is -2.09. The molecule has 0 spiro atoms. The van der Waals surface area contributed by atoms with E-state index in [-0.39, 0.29) is 6.03 Å². The van der Waals surface area contributed by atoms with E-state index in [9.17, 15) is 4.79 Å². The fourth-order valence-corrected chi connectivity index (χ4v) is 2.34. The van der Waals surface area contributed by atoms with Gasteiger partial charge in [0.25, 0.3) is 0 Å². The van der Waals surface area contributed by atoms with E-state index in [1.54, 1.807) is 24.3 Å². The van der Waals surface area contributed by atoms with E-state index < -0.39 is 0 Å². The molecule has 0 radical (unpaired) electrons. The van der Waals surface area contributed by atoms with Crippen molar-refractivity contribution in [2.45, 2.75) is 6.54 Å². The minimum Gasteiger partial charge on any atom is -0.332 e. The van der Waals surface area contributed by atoms with Crippen molar-refractivity contribution in [3.8, 4) is 11.3 Å². The number of rotatable bonds is 4. The molecule has 0 saturated carbocycles. The number of benzene rings is 2. The summed E-state index contributed by atoms with van der Waals surface area (Å²) in [6, 6.07) is 18.4. The van der Waals surface area contributed by atoms with Crippen molar-refractivity contribution in [3.05, 3.63) is 77.7 Å². The zero-order chi connectivity index (χ0) is 16.8. The van der Waals surface area contributed by atoms with E-state index in [4.69, 9.17) is 11.6 Å². The van der Waals surface area contributed by atoms with Crippen LogP contribution in [0, 0.1) is 0 Å². The van der Waals surface area contributed by atoms with Crippen molar-refractivity contribution in [1.82, 2.24) is 15.3 Å². The number of amides is 2. The summed E-state index contributed by atoms with van der Waals surface area (Å²) in [7, 11) is 0. The Hall–Kier alpha value is -2.92. The quantitative estimate of drug-likeness (QED) is 0.752. The third-order valence-electron chi connectivity index (χ3n) is 3.35. The highest BCUT2D eigenvalue weighted by Gasteiger charge is 2.06. The number of para-hydroxylation sites is 1. The molecule has 0 unspecified atom stereocenters. The summed E-state index contributed by atoms with van der Waals surface area (Å²) in [6.45, 7) is 0.290. The first kappa shape index (κ1) is 16.0. The van der Waals surface area contributed by atoms with E-state index in [0.717, 1.165) is 17.0 Å². The summed E-state index contributed by atoms with van der Waals surface area (Å²) in [6.07, 6.45) is 1.49. The predicted molar refractivity (Wildman–Crippen MR) is 94.8 cm³/mol. The number of halogens is 1. The van der Waals surface area contributed by atoms with Gasteiger partial charge in [-0.1, -0.05) is 54.1 Å². The molecule has 3 rings (SSSR count). The molecule has 3 aromatic rings. The van der Waals surface area contributed by atoms with Crippen LogP contribution < -0.4 is 10.6 Å². The minimum absolute atomic E-state index is 0.290. The van der Waals surface area contributed by atoms with Crippen molar-refractivity contribution in [3.63, 3.8) is 0 Å². The zero-order valence-corrected chi connectivity index (χ0v) is 13.5. The summed E-state index contributed by atoms with van der Waals surface area (Å²) in [4.78, 5) is 20.4. The molecule has 0 bridgehead atoms. The van der Waals surface area contributed by atoms with Gasteiger partial charge >= 0.3 is 6.03 Å². The van der Waals surface area contributed by atoms with Crippen LogP contribution in [-0.2, 0) is 6.54 Å². The first-order chi connectivity index (χ1) is 11.7. The van der Waals surface area contributed by atoms with Crippen molar-refractivity contribution in [2.24, 2.45) is 0 Å². The van der Waals surface area contributed by atoms with Crippen LogP contribution >= 0.6 is 11.6 Å². The topological polar surface area (TPSA) is 66.9 Å². The SMILES string of the molecule is O=C(NCc1cc(-c2ccccc2)ncn1)Nc1ccccc1Cl. The lowest BCUT2D eigenvalue weighted by atomic mass is 10.1. The number of urea groups is 1. The molecule has 0 fully saturated rings. The molecule has 6 heteroatoms. The Kier molecular flexibility index (Phi) is 5.03. The van der Waals surface area contributed by atoms with Gasteiger partial charge in [0.1, 0.15) is 6.33 Å². The van der Waals surface area contributed by atoms with Crippen LogP contribution in [0.2, 0.25) is 5.02 Å². The number of nitrogens with one attached hydrogen (secondary N) is 2. The monoisotopic (exact) mass is 338 g/mol. The first-order valence-electron chi connectivity index (χ1n) is 7.38. The molecular weight excluding hydrogens is 324 g/mol. The number of carbonyl (C=O) groups is 1. The molecule has 0 aliphatic rings. The lowest BCUT2D eigenvalue weighted by Crippen LogP contribution is -2.28. The largest absolute Gasteiger partial charge is 0.332 e. The maximum Gasteiger partial charge on any atom is 0.319 e. The van der Waals surface area contributed by atoms with Gasteiger partial charge in [0.2, 0.25) is 0 Å². The Labute approximate surface area is 144 Å². The average Bonchev–Trinajstić information content (AvgIpc) is 2.63. The summed E-state index contributed by atoms with van der Waals surface area (Å²) < 4.78 is 0. The molecular formula is C18H15ClN4O. The van der Waals surface area contributed by atoms with Crippen molar-refractivity contribution in [1.29, 1.82) is 0 Å². The van der Waals surface area contributed by atoms with Crippen LogP contribution in [0.3, 0.4) is 0 Å². The highest BCUT2D eigenvalue weighted by molar-refractivity contribution is 6.33. The molecule has 120 valence electrons. The van der Waals surface area contributed by atoms with E-state index in [0.29, 0.717) is 17.3 Å². The fourth-order valence-electron chi connectivity index (χ4n) is 2.16. The number of hydrogen-bond donors (Lipinski definition) is 2. The Bertz CT molecular complexity index is 839. The van der Waals surface area contributed by atoms with Gasteiger partial charge in [-0.15, -0.1) is 0 Å². The van der Waals surface area contributed by atoms with Gasteiger partial charge in [-0.2, -0.15) is 0 Å². The minimum atomic E-state index is -0.344. The summed E-state index contributed by atoms with van der Waals surface area (Å²) in [5.74, 6) is 0. The summed E-state index contributed by atoms with van der Waals surface area (Å²) in [5.41, 5.74) is 3.10. The number of nitrogens with zero attached hydrogens (tertiary/aromatic N) is 2. The third-order valence-corrected chi connectivity index (χ3v) is 3.67. The summed E-state index contributed by atoms with van der Waals surface area (Å²) >= 11 is 6.01. The van der Waals surface area contributed by atoms with Gasteiger partial charge < -0.3 is 10.6 Å².